The first kappa shape index (κ1) is 17.3. The minimum atomic E-state index is -0.109. The van der Waals surface area contributed by atoms with E-state index in [0.717, 1.165) is 18.0 Å². The van der Waals surface area contributed by atoms with Crippen LogP contribution in [0.3, 0.4) is 0 Å². The smallest absolute Gasteiger partial charge is 0.255 e. The highest BCUT2D eigenvalue weighted by atomic mass is 16.5. The first-order valence-corrected chi connectivity index (χ1v) is 9.08. The second-order valence-electron chi connectivity index (χ2n) is 6.50. The molecule has 0 spiro atoms. The van der Waals surface area contributed by atoms with Crippen molar-refractivity contribution in [1.29, 1.82) is 0 Å². The largest absolute Gasteiger partial charge is 0.494 e. The Morgan fingerprint density at radius 2 is 1.84 bits per heavy atom. The summed E-state index contributed by atoms with van der Waals surface area (Å²) in [4.78, 5) is 14.8. The monoisotopic (exact) mass is 338 g/mol. The van der Waals surface area contributed by atoms with Crippen LogP contribution in [0.1, 0.15) is 43.5 Å². The summed E-state index contributed by atoms with van der Waals surface area (Å²) in [5.41, 5.74) is 2.66. The molecule has 0 aliphatic carbocycles. The molecule has 1 atom stereocenters. The van der Waals surface area contributed by atoms with Crippen LogP contribution in [0.25, 0.3) is 0 Å². The van der Waals surface area contributed by atoms with Crippen molar-refractivity contribution in [2.45, 2.75) is 39.2 Å². The van der Waals surface area contributed by atoms with E-state index in [1.807, 2.05) is 31.2 Å². The molecule has 4 nitrogen and oxygen atoms in total. The fraction of sp³-hybridized carbons (Fsp3) is 0.381. The third-order valence-corrected chi connectivity index (χ3v) is 4.69. The van der Waals surface area contributed by atoms with E-state index in [1.54, 1.807) is 12.1 Å². The van der Waals surface area contributed by atoms with Gasteiger partial charge < -0.3 is 15.0 Å². The Morgan fingerprint density at radius 1 is 1.12 bits per heavy atom. The van der Waals surface area contributed by atoms with E-state index >= 15 is 0 Å². The minimum absolute atomic E-state index is 0.109. The van der Waals surface area contributed by atoms with Crippen LogP contribution in [0.15, 0.2) is 48.5 Å². The molecule has 3 rings (SSSR count). The summed E-state index contributed by atoms with van der Waals surface area (Å²) < 4.78 is 5.40. The molecule has 0 bridgehead atoms. The molecule has 132 valence electrons. The maximum absolute atomic E-state index is 12.4. The number of nitrogens with one attached hydrogen (secondary N) is 1. The Labute approximate surface area is 149 Å². The van der Waals surface area contributed by atoms with Crippen molar-refractivity contribution >= 4 is 17.3 Å². The van der Waals surface area contributed by atoms with Gasteiger partial charge >= 0.3 is 0 Å². The van der Waals surface area contributed by atoms with Gasteiger partial charge in [-0.15, -0.1) is 0 Å². The number of carbonyl (C=O) groups is 1. The average Bonchev–Trinajstić information content (AvgIpc) is 2.64. The maximum atomic E-state index is 12.4. The van der Waals surface area contributed by atoms with Crippen molar-refractivity contribution in [2.75, 3.05) is 23.4 Å². The van der Waals surface area contributed by atoms with Gasteiger partial charge in [0.05, 0.1) is 6.61 Å². The summed E-state index contributed by atoms with van der Waals surface area (Å²) in [7, 11) is 0. The number of hydrogen-bond donors (Lipinski definition) is 1. The minimum Gasteiger partial charge on any atom is -0.494 e. The number of anilines is 2. The van der Waals surface area contributed by atoms with E-state index in [0.29, 0.717) is 18.2 Å². The third kappa shape index (κ3) is 4.32. The third-order valence-electron chi connectivity index (χ3n) is 4.69. The maximum Gasteiger partial charge on any atom is 0.255 e. The predicted molar refractivity (Wildman–Crippen MR) is 103 cm³/mol. The van der Waals surface area contributed by atoms with Gasteiger partial charge in [-0.25, -0.2) is 0 Å². The number of carbonyl (C=O) groups excluding carboxylic acids is 1. The number of piperidine rings is 1. The fourth-order valence-corrected chi connectivity index (χ4v) is 3.29. The zero-order valence-electron chi connectivity index (χ0n) is 15.0. The molecule has 1 amide bonds. The highest BCUT2D eigenvalue weighted by Gasteiger charge is 2.18. The highest BCUT2D eigenvalue weighted by molar-refractivity contribution is 6.04. The van der Waals surface area contributed by atoms with Crippen LogP contribution < -0.4 is 15.0 Å². The fourth-order valence-electron chi connectivity index (χ4n) is 3.29. The van der Waals surface area contributed by atoms with E-state index < -0.39 is 0 Å². The Bertz CT molecular complexity index is 695. The lowest BCUT2D eigenvalue weighted by Crippen LogP contribution is -2.37. The standard InChI is InChI=1S/C21H26N2O2/c1-3-25-20-13-7-17(8-14-20)21(24)22-18-9-11-19(12-10-18)23-15-5-4-6-16(23)2/h7-14,16H,3-6,15H2,1-2H3,(H,22,24)/t16-/m1/s1. The van der Waals surface area contributed by atoms with E-state index in [4.69, 9.17) is 4.74 Å². The van der Waals surface area contributed by atoms with Crippen molar-refractivity contribution < 1.29 is 9.53 Å². The summed E-state index contributed by atoms with van der Waals surface area (Å²) in [6.07, 6.45) is 3.81. The van der Waals surface area contributed by atoms with E-state index in [1.165, 1.54) is 24.9 Å². The first-order valence-electron chi connectivity index (χ1n) is 9.08. The van der Waals surface area contributed by atoms with Crippen LogP contribution in [0, 0.1) is 0 Å². The topological polar surface area (TPSA) is 41.6 Å². The van der Waals surface area contributed by atoms with Gasteiger partial charge in [0, 0.05) is 29.5 Å². The van der Waals surface area contributed by atoms with Gasteiger partial charge in [-0.1, -0.05) is 0 Å². The number of benzene rings is 2. The lowest BCUT2D eigenvalue weighted by atomic mass is 10.0. The van der Waals surface area contributed by atoms with E-state index in [9.17, 15) is 4.79 Å². The van der Waals surface area contributed by atoms with Crippen LogP contribution in [-0.4, -0.2) is 25.1 Å². The molecule has 1 aliphatic rings. The molecule has 4 heteroatoms. The lowest BCUT2D eigenvalue weighted by Gasteiger charge is -2.35. The predicted octanol–water partition coefficient (Wildman–Crippen LogP) is 4.72. The Kier molecular flexibility index (Phi) is 5.59. The van der Waals surface area contributed by atoms with Gasteiger partial charge in [0.15, 0.2) is 0 Å². The summed E-state index contributed by atoms with van der Waals surface area (Å²) in [6.45, 7) is 5.95. The summed E-state index contributed by atoms with van der Waals surface area (Å²) in [6, 6.07) is 15.9. The molecule has 25 heavy (non-hydrogen) atoms. The van der Waals surface area contributed by atoms with Crippen molar-refractivity contribution in [1.82, 2.24) is 0 Å². The van der Waals surface area contributed by atoms with Crippen molar-refractivity contribution in [2.24, 2.45) is 0 Å². The molecule has 1 aliphatic heterocycles. The van der Waals surface area contributed by atoms with Crippen LogP contribution in [0.5, 0.6) is 5.75 Å². The van der Waals surface area contributed by atoms with Crippen LogP contribution >= 0.6 is 0 Å². The van der Waals surface area contributed by atoms with Crippen LogP contribution in [0.4, 0.5) is 11.4 Å². The van der Waals surface area contributed by atoms with Gasteiger partial charge in [-0.05, 0) is 81.6 Å². The normalized spacial score (nSPS) is 17.2. The molecule has 1 heterocycles. The van der Waals surface area contributed by atoms with Gasteiger partial charge in [0.25, 0.3) is 5.91 Å². The van der Waals surface area contributed by atoms with E-state index in [-0.39, 0.29) is 5.91 Å². The van der Waals surface area contributed by atoms with Crippen molar-refractivity contribution in [3.63, 3.8) is 0 Å². The van der Waals surface area contributed by atoms with E-state index in [2.05, 4.69) is 29.3 Å². The zero-order valence-corrected chi connectivity index (χ0v) is 15.0. The molecular weight excluding hydrogens is 312 g/mol. The van der Waals surface area contributed by atoms with Crippen LogP contribution in [-0.2, 0) is 0 Å². The Hall–Kier alpha value is -2.49. The lowest BCUT2D eigenvalue weighted by molar-refractivity contribution is 0.102. The Balaban J connectivity index is 1.63. The molecule has 0 aromatic heterocycles. The second-order valence-corrected chi connectivity index (χ2v) is 6.50. The molecule has 2 aromatic rings. The molecule has 0 unspecified atom stereocenters. The van der Waals surface area contributed by atoms with Gasteiger partial charge in [-0.2, -0.15) is 0 Å². The summed E-state index contributed by atoms with van der Waals surface area (Å²) in [5.74, 6) is 0.668. The van der Waals surface area contributed by atoms with Gasteiger partial charge in [-0.3, -0.25) is 4.79 Å². The van der Waals surface area contributed by atoms with Gasteiger partial charge in [0.1, 0.15) is 5.75 Å². The molecule has 2 aromatic carbocycles. The average molecular weight is 338 g/mol. The quantitative estimate of drug-likeness (QED) is 0.858. The molecular formula is C21H26N2O2. The molecule has 1 saturated heterocycles. The molecule has 1 N–H and O–H groups in total. The number of rotatable bonds is 5. The van der Waals surface area contributed by atoms with Crippen molar-refractivity contribution in [3.8, 4) is 5.75 Å². The van der Waals surface area contributed by atoms with Crippen LogP contribution in [0.2, 0.25) is 0 Å². The first-order chi connectivity index (χ1) is 12.2. The molecule has 1 fully saturated rings. The number of ether oxygens (including phenoxy) is 1. The summed E-state index contributed by atoms with van der Waals surface area (Å²) in [5, 5.41) is 2.95. The number of amides is 1. The summed E-state index contributed by atoms with van der Waals surface area (Å²) >= 11 is 0. The Morgan fingerprint density at radius 3 is 2.48 bits per heavy atom. The molecule has 0 saturated carbocycles. The molecule has 0 radical (unpaired) electrons. The SMILES string of the molecule is CCOc1ccc(C(=O)Nc2ccc(N3CCCC[C@H]3C)cc2)cc1. The van der Waals surface area contributed by atoms with Crippen molar-refractivity contribution in [3.05, 3.63) is 54.1 Å². The highest BCUT2D eigenvalue weighted by Crippen LogP contribution is 2.26. The zero-order chi connectivity index (χ0) is 17.6. The van der Waals surface area contributed by atoms with Gasteiger partial charge in [0.2, 0.25) is 0 Å². The number of hydrogen-bond acceptors (Lipinski definition) is 3. The number of nitrogens with zero attached hydrogens (tertiary/aromatic N) is 1. The second kappa shape index (κ2) is 8.06.